The van der Waals surface area contributed by atoms with E-state index in [0.29, 0.717) is 19.6 Å². The zero-order valence-electron chi connectivity index (χ0n) is 15.7. The zero-order chi connectivity index (χ0) is 18.1. The van der Waals surface area contributed by atoms with Crippen LogP contribution in [-0.2, 0) is 17.8 Å². The van der Waals surface area contributed by atoms with Crippen molar-refractivity contribution in [2.45, 2.75) is 39.3 Å². The van der Waals surface area contributed by atoms with Gasteiger partial charge >= 0.3 is 0 Å². The summed E-state index contributed by atoms with van der Waals surface area (Å²) in [6, 6.07) is 16.6. The molecule has 4 nitrogen and oxygen atoms in total. The number of hydrogen-bond donors (Lipinski definition) is 2. The molecule has 0 fully saturated rings. The van der Waals surface area contributed by atoms with Crippen LogP contribution >= 0.6 is 12.4 Å². The molecule has 1 atom stereocenters. The molecular formula is C21H29ClN2O2. The Balaban J connectivity index is 0.00000338. The van der Waals surface area contributed by atoms with Gasteiger partial charge in [-0.3, -0.25) is 4.79 Å². The van der Waals surface area contributed by atoms with E-state index in [-0.39, 0.29) is 24.4 Å². The summed E-state index contributed by atoms with van der Waals surface area (Å²) >= 11 is 0. The number of ether oxygens (including phenoxy) is 1. The first-order valence-corrected chi connectivity index (χ1v) is 8.78. The lowest BCUT2D eigenvalue weighted by molar-refractivity contribution is -0.121. The Hall–Kier alpha value is -2.04. The number of nitrogens with one attached hydrogen (secondary N) is 2. The molecule has 2 aromatic carbocycles. The summed E-state index contributed by atoms with van der Waals surface area (Å²) in [6.07, 6.45) is 1.32. The number of halogens is 1. The summed E-state index contributed by atoms with van der Waals surface area (Å²) in [5, 5.41) is 6.00. The molecule has 1 unspecified atom stereocenters. The second-order valence-corrected chi connectivity index (χ2v) is 6.44. The molecule has 2 N–H and O–H groups in total. The van der Waals surface area contributed by atoms with Crippen LogP contribution < -0.4 is 15.4 Å². The van der Waals surface area contributed by atoms with Crippen molar-refractivity contribution in [3.63, 3.8) is 0 Å². The average molecular weight is 377 g/mol. The number of carbonyl (C=O) groups excluding carboxylic acids is 1. The van der Waals surface area contributed by atoms with E-state index in [9.17, 15) is 4.79 Å². The third-order valence-electron chi connectivity index (χ3n) is 4.00. The summed E-state index contributed by atoms with van der Waals surface area (Å²) in [4.78, 5) is 11.7. The molecule has 142 valence electrons. The van der Waals surface area contributed by atoms with E-state index in [1.54, 1.807) is 0 Å². The summed E-state index contributed by atoms with van der Waals surface area (Å²) in [5.41, 5.74) is 3.59. The second kappa shape index (κ2) is 11.6. The van der Waals surface area contributed by atoms with Crippen molar-refractivity contribution >= 4 is 18.3 Å². The third kappa shape index (κ3) is 7.89. The van der Waals surface area contributed by atoms with E-state index in [4.69, 9.17) is 4.74 Å². The summed E-state index contributed by atoms with van der Waals surface area (Å²) in [6.45, 7) is 5.37. The van der Waals surface area contributed by atoms with Crippen molar-refractivity contribution < 1.29 is 9.53 Å². The van der Waals surface area contributed by atoms with Gasteiger partial charge in [-0.15, -0.1) is 12.4 Å². The van der Waals surface area contributed by atoms with Crippen LogP contribution in [0.25, 0.3) is 0 Å². The molecule has 2 aromatic rings. The van der Waals surface area contributed by atoms with Crippen LogP contribution in [0.5, 0.6) is 5.75 Å². The Morgan fingerprint density at radius 1 is 1.04 bits per heavy atom. The van der Waals surface area contributed by atoms with Crippen molar-refractivity contribution in [1.29, 1.82) is 0 Å². The Bertz CT molecular complexity index is 657. The van der Waals surface area contributed by atoms with Crippen LogP contribution in [0.2, 0.25) is 0 Å². The molecule has 0 aliphatic heterocycles. The molecule has 0 bridgehead atoms. The number of hydrogen-bond acceptors (Lipinski definition) is 3. The number of rotatable bonds is 9. The van der Waals surface area contributed by atoms with Crippen molar-refractivity contribution in [3.05, 3.63) is 65.2 Å². The normalized spacial score (nSPS) is 11.3. The van der Waals surface area contributed by atoms with Gasteiger partial charge in [0.2, 0.25) is 5.91 Å². The minimum atomic E-state index is 0. The van der Waals surface area contributed by atoms with Gasteiger partial charge in [0.25, 0.3) is 0 Å². The summed E-state index contributed by atoms with van der Waals surface area (Å²) in [7, 11) is 1.85. The Kier molecular flexibility index (Phi) is 9.78. The van der Waals surface area contributed by atoms with E-state index < -0.39 is 0 Å². The van der Waals surface area contributed by atoms with E-state index in [0.717, 1.165) is 17.7 Å². The summed E-state index contributed by atoms with van der Waals surface area (Å²) < 4.78 is 5.82. The maximum Gasteiger partial charge on any atom is 0.221 e. The predicted octanol–water partition coefficient (Wildman–Crippen LogP) is 3.65. The first-order valence-electron chi connectivity index (χ1n) is 8.78. The highest BCUT2D eigenvalue weighted by Crippen LogP contribution is 2.15. The maximum atomic E-state index is 11.7. The van der Waals surface area contributed by atoms with Gasteiger partial charge in [-0.25, -0.2) is 0 Å². The highest BCUT2D eigenvalue weighted by Gasteiger charge is 2.08. The third-order valence-corrected chi connectivity index (χ3v) is 4.00. The van der Waals surface area contributed by atoms with E-state index in [1.807, 2.05) is 26.1 Å². The Morgan fingerprint density at radius 3 is 2.27 bits per heavy atom. The van der Waals surface area contributed by atoms with Crippen molar-refractivity contribution in [1.82, 2.24) is 10.6 Å². The molecule has 0 spiro atoms. The van der Waals surface area contributed by atoms with Gasteiger partial charge < -0.3 is 15.4 Å². The number of benzene rings is 2. The first-order chi connectivity index (χ1) is 12.1. The first kappa shape index (κ1) is 22.0. The van der Waals surface area contributed by atoms with Gasteiger partial charge in [-0.1, -0.05) is 42.0 Å². The fourth-order valence-electron chi connectivity index (χ4n) is 2.56. The molecule has 0 aromatic heterocycles. The highest BCUT2D eigenvalue weighted by atomic mass is 35.5. The molecule has 0 aliphatic carbocycles. The molecule has 0 heterocycles. The minimum Gasteiger partial charge on any atom is -0.489 e. The second-order valence-electron chi connectivity index (χ2n) is 6.44. The van der Waals surface area contributed by atoms with Gasteiger partial charge in [0.05, 0.1) is 0 Å². The predicted molar refractivity (Wildman–Crippen MR) is 109 cm³/mol. The number of aryl methyl sites for hydroxylation is 1. The summed E-state index contributed by atoms with van der Waals surface area (Å²) in [5.74, 6) is 0.940. The molecule has 0 radical (unpaired) electrons. The van der Waals surface area contributed by atoms with E-state index in [1.165, 1.54) is 11.1 Å². The van der Waals surface area contributed by atoms with Crippen LogP contribution in [0.15, 0.2) is 48.5 Å². The van der Waals surface area contributed by atoms with Gasteiger partial charge in [0.15, 0.2) is 0 Å². The van der Waals surface area contributed by atoms with Gasteiger partial charge in [-0.2, -0.15) is 0 Å². The number of carbonyl (C=O) groups is 1. The smallest absolute Gasteiger partial charge is 0.221 e. The Morgan fingerprint density at radius 2 is 1.65 bits per heavy atom. The fraction of sp³-hybridized carbons (Fsp3) is 0.381. The van der Waals surface area contributed by atoms with Gasteiger partial charge in [-0.05, 0) is 50.6 Å². The molecule has 1 amide bonds. The molecule has 5 heteroatoms. The van der Waals surface area contributed by atoms with Gasteiger partial charge in [0, 0.05) is 19.0 Å². The van der Waals surface area contributed by atoms with Crippen molar-refractivity contribution in [2.75, 3.05) is 13.6 Å². The lowest BCUT2D eigenvalue weighted by Gasteiger charge is -2.14. The molecule has 26 heavy (non-hydrogen) atoms. The molecule has 2 rings (SSSR count). The average Bonchev–Trinajstić information content (AvgIpc) is 2.60. The van der Waals surface area contributed by atoms with E-state index >= 15 is 0 Å². The Labute approximate surface area is 162 Å². The van der Waals surface area contributed by atoms with Crippen LogP contribution in [0.3, 0.4) is 0 Å². The van der Waals surface area contributed by atoms with Gasteiger partial charge in [0.1, 0.15) is 12.4 Å². The van der Waals surface area contributed by atoms with Crippen LogP contribution in [-0.4, -0.2) is 25.5 Å². The van der Waals surface area contributed by atoms with Crippen LogP contribution in [0.1, 0.15) is 30.0 Å². The van der Waals surface area contributed by atoms with E-state index in [2.05, 4.69) is 54.0 Å². The monoisotopic (exact) mass is 376 g/mol. The van der Waals surface area contributed by atoms with Crippen LogP contribution in [0, 0.1) is 6.92 Å². The highest BCUT2D eigenvalue weighted by molar-refractivity contribution is 5.85. The quantitative estimate of drug-likeness (QED) is 0.702. The van der Waals surface area contributed by atoms with Crippen molar-refractivity contribution in [2.24, 2.45) is 0 Å². The standard InChI is InChI=1S/C21H28N2O2.ClH/c1-16-4-6-19(7-5-16)15-25-20-10-8-18(9-11-20)14-17(2)23-21(24)12-13-22-3;/h4-11,17,22H,12-15H2,1-3H3,(H,23,24);1H. The molecule has 0 aliphatic rings. The topological polar surface area (TPSA) is 50.4 Å². The zero-order valence-corrected chi connectivity index (χ0v) is 16.6. The molecule has 0 saturated carbocycles. The largest absolute Gasteiger partial charge is 0.489 e. The SMILES string of the molecule is CNCCC(=O)NC(C)Cc1ccc(OCc2ccc(C)cc2)cc1.Cl. The van der Waals surface area contributed by atoms with Crippen LogP contribution in [0.4, 0.5) is 0 Å². The molecular weight excluding hydrogens is 348 g/mol. The lowest BCUT2D eigenvalue weighted by Crippen LogP contribution is -2.35. The maximum absolute atomic E-state index is 11.7. The fourth-order valence-corrected chi connectivity index (χ4v) is 2.56. The minimum absolute atomic E-state index is 0. The lowest BCUT2D eigenvalue weighted by atomic mass is 10.1. The van der Waals surface area contributed by atoms with Crippen molar-refractivity contribution in [3.8, 4) is 5.75 Å². The number of amides is 1. The molecule has 0 saturated heterocycles.